The Morgan fingerprint density at radius 2 is 2.04 bits per heavy atom. The molecule has 25 heavy (non-hydrogen) atoms. The largest absolute Gasteiger partial charge is 0.385 e. The topological polar surface area (TPSA) is 70.9 Å². The molecule has 4 nitrogen and oxygen atoms in total. The van der Waals surface area contributed by atoms with E-state index in [9.17, 15) is 4.79 Å². The van der Waals surface area contributed by atoms with Crippen molar-refractivity contribution in [3.05, 3.63) is 40.0 Å². The molecule has 0 aliphatic heterocycles. The highest BCUT2D eigenvalue weighted by atomic mass is 35.5. The first kappa shape index (κ1) is 19.7. The minimum Gasteiger partial charge on any atom is -0.385 e. The van der Waals surface area contributed by atoms with Crippen LogP contribution in [0.25, 0.3) is 11.1 Å². The molecule has 1 amide bonds. The fourth-order valence-electron chi connectivity index (χ4n) is 2.84. The van der Waals surface area contributed by atoms with Gasteiger partial charge >= 0.3 is 0 Å². The van der Waals surface area contributed by atoms with Crippen LogP contribution >= 0.6 is 23.2 Å². The maximum Gasteiger partial charge on any atom is 0.255 e. The van der Waals surface area contributed by atoms with Crippen molar-refractivity contribution in [1.29, 1.82) is 0 Å². The number of carbonyl (C=O) groups excluding carboxylic acids is 1. The van der Waals surface area contributed by atoms with Gasteiger partial charge in [-0.3, -0.25) is 4.79 Å². The second kappa shape index (κ2) is 9.16. The number of benzene rings is 1. The van der Waals surface area contributed by atoms with E-state index in [1.165, 1.54) is 6.42 Å². The monoisotopic (exact) mass is 381 g/mol. The zero-order valence-electron chi connectivity index (χ0n) is 14.7. The van der Waals surface area contributed by atoms with Crippen LogP contribution in [-0.4, -0.2) is 17.4 Å². The van der Waals surface area contributed by atoms with Crippen LogP contribution in [0.3, 0.4) is 0 Å². The number of aromatic nitrogens is 1. The van der Waals surface area contributed by atoms with Crippen molar-refractivity contribution in [2.75, 3.05) is 12.3 Å². The molecule has 0 bridgehead atoms. The summed E-state index contributed by atoms with van der Waals surface area (Å²) in [7, 11) is 0. The first-order valence-electron chi connectivity index (χ1n) is 8.68. The third-order valence-corrected chi connectivity index (χ3v) is 5.20. The molecule has 1 aromatic heterocycles. The normalized spacial score (nSPS) is 12.2. The van der Waals surface area contributed by atoms with Gasteiger partial charge in [0.1, 0.15) is 5.82 Å². The van der Waals surface area contributed by atoms with Crippen molar-refractivity contribution < 1.29 is 4.79 Å². The summed E-state index contributed by atoms with van der Waals surface area (Å²) >= 11 is 12.1. The molecule has 2 rings (SSSR count). The third kappa shape index (κ3) is 4.93. The number of nitrogens with one attached hydrogen (secondary N) is 2. The number of nitrogen functional groups attached to an aromatic ring is 1. The zero-order valence-corrected chi connectivity index (χ0v) is 16.2. The van der Waals surface area contributed by atoms with Gasteiger partial charge < -0.3 is 16.0 Å². The van der Waals surface area contributed by atoms with Crippen molar-refractivity contribution in [3.63, 3.8) is 0 Å². The van der Waals surface area contributed by atoms with Crippen LogP contribution in [0, 0.1) is 5.92 Å². The van der Waals surface area contributed by atoms with Crippen LogP contribution in [0.15, 0.2) is 24.4 Å². The van der Waals surface area contributed by atoms with Crippen LogP contribution in [0.1, 0.15) is 49.9 Å². The molecule has 0 saturated heterocycles. The van der Waals surface area contributed by atoms with Gasteiger partial charge in [-0.2, -0.15) is 0 Å². The SMILES string of the molecule is CCCCC(CC)CNC(=O)c1c(-c2ccc(Cl)c(Cl)c2)c[nH]c1N. The summed E-state index contributed by atoms with van der Waals surface area (Å²) in [5, 5.41) is 3.94. The van der Waals surface area contributed by atoms with Gasteiger partial charge in [0.25, 0.3) is 5.91 Å². The number of aromatic amines is 1. The van der Waals surface area contributed by atoms with E-state index in [0.29, 0.717) is 33.9 Å². The Morgan fingerprint density at radius 1 is 1.28 bits per heavy atom. The predicted molar refractivity (Wildman–Crippen MR) is 106 cm³/mol. The van der Waals surface area contributed by atoms with Gasteiger partial charge in [-0.05, 0) is 30.0 Å². The van der Waals surface area contributed by atoms with Gasteiger partial charge in [0, 0.05) is 18.3 Å². The lowest BCUT2D eigenvalue weighted by molar-refractivity contribution is 0.0947. The summed E-state index contributed by atoms with van der Waals surface area (Å²) in [5.74, 6) is 0.660. The molecule has 1 aromatic carbocycles. The lowest BCUT2D eigenvalue weighted by Gasteiger charge is -2.15. The molecule has 0 aliphatic rings. The van der Waals surface area contributed by atoms with Gasteiger partial charge in [-0.15, -0.1) is 0 Å². The van der Waals surface area contributed by atoms with E-state index >= 15 is 0 Å². The first-order valence-corrected chi connectivity index (χ1v) is 9.43. The summed E-state index contributed by atoms with van der Waals surface area (Å²) in [6, 6.07) is 5.27. The maximum atomic E-state index is 12.7. The van der Waals surface area contributed by atoms with Gasteiger partial charge in [0.15, 0.2) is 0 Å². The Balaban J connectivity index is 2.17. The molecule has 0 radical (unpaired) electrons. The van der Waals surface area contributed by atoms with Crippen LogP contribution in [0.4, 0.5) is 5.82 Å². The third-order valence-electron chi connectivity index (χ3n) is 4.46. The van der Waals surface area contributed by atoms with E-state index in [1.807, 2.05) is 6.07 Å². The summed E-state index contributed by atoms with van der Waals surface area (Å²) in [4.78, 5) is 15.6. The average molecular weight is 382 g/mol. The van der Waals surface area contributed by atoms with Crippen molar-refractivity contribution in [2.24, 2.45) is 5.92 Å². The van der Waals surface area contributed by atoms with Gasteiger partial charge in [-0.25, -0.2) is 0 Å². The summed E-state index contributed by atoms with van der Waals surface area (Å²) < 4.78 is 0. The van der Waals surface area contributed by atoms with Crippen LogP contribution in [-0.2, 0) is 0 Å². The molecular weight excluding hydrogens is 357 g/mol. The number of rotatable bonds is 8. The molecule has 0 spiro atoms. The lowest BCUT2D eigenvalue weighted by Crippen LogP contribution is -2.29. The smallest absolute Gasteiger partial charge is 0.255 e. The molecule has 4 N–H and O–H groups in total. The second-order valence-electron chi connectivity index (χ2n) is 6.25. The number of carbonyl (C=O) groups is 1. The standard InChI is InChI=1S/C19H25Cl2N3O/c1-3-5-6-12(4-2)10-24-19(25)17-14(11-23-18(17)22)13-7-8-15(20)16(21)9-13/h7-9,11-12,23H,3-6,10,22H2,1-2H3,(H,24,25). The summed E-state index contributed by atoms with van der Waals surface area (Å²) in [6.45, 7) is 4.98. The predicted octanol–water partition coefficient (Wildman–Crippen LogP) is 5.52. The lowest BCUT2D eigenvalue weighted by atomic mass is 9.99. The fourth-order valence-corrected chi connectivity index (χ4v) is 3.14. The molecular formula is C19H25Cl2N3O. The van der Waals surface area contributed by atoms with Crippen LogP contribution < -0.4 is 11.1 Å². The average Bonchev–Trinajstić information content (AvgIpc) is 2.99. The molecule has 1 heterocycles. The summed E-state index contributed by atoms with van der Waals surface area (Å²) in [6.07, 6.45) is 6.22. The maximum absolute atomic E-state index is 12.7. The van der Waals surface area contributed by atoms with E-state index in [0.717, 1.165) is 30.4 Å². The van der Waals surface area contributed by atoms with E-state index in [4.69, 9.17) is 28.9 Å². The highest BCUT2D eigenvalue weighted by molar-refractivity contribution is 6.42. The minimum atomic E-state index is -0.172. The first-order chi connectivity index (χ1) is 12.0. The number of hydrogen-bond donors (Lipinski definition) is 3. The van der Waals surface area contributed by atoms with E-state index in [-0.39, 0.29) is 5.91 Å². The molecule has 0 aliphatic carbocycles. The minimum absolute atomic E-state index is 0.172. The number of unbranched alkanes of at least 4 members (excludes halogenated alkanes) is 1. The number of amides is 1. The molecule has 0 saturated carbocycles. The van der Waals surface area contributed by atoms with Gasteiger partial charge in [0.05, 0.1) is 15.6 Å². The van der Waals surface area contributed by atoms with Crippen molar-refractivity contribution in [1.82, 2.24) is 10.3 Å². The number of halogens is 2. The number of H-pyrrole nitrogens is 1. The van der Waals surface area contributed by atoms with Crippen LogP contribution in [0.2, 0.25) is 10.0 Å². The summed E-state index contributed by atoms with van der Waals surface area (Å²) in [5.41, 5.74) is 7.95. The Hall–Kier alpha value is -1.65. The Labute approximate surface area is 159 Å². The van der Waals surface area contributed by atoms with Gasteiger partial charge in [0.2, 0.25) is 0 Å². The van der Waals surface area contributed by atoms with E-state index < -0.39 is 0 Å². The quantitative estimate of drug-likeness (QED) is 0.563. The second-order valence-corrected chi connectivity index (χ2v) is 7.06. The van der Waals surface area contributed by atoms with Gasteiger partial charge in [-0.1, -0.05) is 62.4 Å². The fraction of sp³-hybridized carbons (Fsp3) is 0.421. The van der Waals surface area contributed by atoms with E-state index in [2.05, 4.69) is 24.1 Å². The Morgan fingerprint density at radius 3 is 2.68 bits per heavy atom. The number of nitrogens with two attached hydrogens (primary N) is 1. The molecule has 136 valence electrons. The molecule has 1 atom stereocenters. The Kier molecular flexibility index (Phi) is 7.21. The number of anilines is 1. The van der Waals surface area contributed by atoms with Crippen LogP contribution in [0.5, 0.6) is 0 Å². The van der Waals surface area contributed by atoms with Crippen molar-refractivity contribution >= 4 is 34.9 Å². The molecule has 1 unspecified atom stereocenters. The highest BCUT2D eigenvalue weighted by Gasteiger charge is 2.19. The number of hydrogen-bond acceptors (Lipinski definition) is 2. The molecule has 2 aromatic rings. The van der Waals surface area contributed by atoms with Crippen molar-refractivity contribution in [2.45, 2.75) is 39.5 Å². The molecule has 0 fully saturated rings. The highest BCUT2D eigenvalue weighted by Crippen LogP contribution is 2.32. The Bertz CT molecular complexity index is 727. The van der Waals surface area contributed by atoms with Crippen molar-refractivity contribution in [3.8, 4) is 11.1 Å². The van der Waals surface area contributed by atoms with E-state index in [1.54, 1.807) is 18.3 Å². The molecule has 6 heteroatoms. The zero-order chi connectivity index (χ0) is 18.4.